The Morgan fingerprint density at radius 1 is 1.14 bits per heavy atom. The molecule has 0 aliphatic carbocycles. The summed E-state index contributed by atoms with van der Waals surface area (Å²) in [6, 6.07) is 7.19. The van der Waals surface area contributed by atoms with Crippen LogP contribution in [-0.4, -0.2) is 52.3 Å². The van der Waals surface area contributed by atoms with Crippen LogP contribution in [-0.2, 0) is 11.8 Å². The van der Waals surface area contributed by atoms with Gasteiger partial charge in [0.05, 0.1) is 11.2 Å². The number of amides is 1. The van der Waals surface area contributed by atoms with Gasteiger partial charge in [0, 0.05) is 33.2 Å². The van der Waals surface area contributed by atoms with Crippen LogP contribution in [0.5, 0.6) is 0 Å². The summed E-state index contributed by atoms with van der Waals surface area (Å²) < 4.78 is 6.78. The highest BCUT2D eigenvalue weighted by Crippen LogP contribution is 2.28. The first-order valence-electron chi connectivity index (χ1n) is 9.23. The molecule has 1 amide bonds. The Morgan fingerprint density at radius 2 is 1.79 bits per heavy atom. The third-order valence-electron chi connectivity index (χ3n) is 4.69. The number of carbonyl (C=O) groups excluding carboxylic acids is 1. The zero-order valence-electron chi connectivity index (χ0n) is 16.9. The van der Waals surface area contributed by atoms with E-state index in [1.165, 1.54) is 10.6 Å². The molecule has 0 unspecified atom stereocenters. The number of aromatic nitrogens is 2. The van der Waals surface area contributed by atoms with Gasteiger partial charge >= 0.3 is 6.09 Å². The van der Waals surface area contributed by atoms with Crippen molar-refractivity contribution in [3.05, 3.63) is 33.7 Å². The molecule has 0 aromatic carbocycles. The van der Waals surface area contributed by atoms with E-state index in [9.17, 15) is 20.1 Å². The van der Waals surface area contributed by atoms with Crippen LogP contribution in [0, 0.1) is 22.7 Å². The zero-order valence-corrected chi connectivity index (χ0v) is 16.9. The summed E-state index contributed by atoms with van der Waals surface area (Å²) in [5, 5.41) is 18.9. The highest BCUT2D eigenvalue weighted by atomic mass is 16.6. The summed E-state index contributed by atoms with van der Waals surface area (Å²) in [5.74, 6) is 0. The lowest BCUT2D eigenvalue weighted by atomic mass is 10.1. The van der Waals surface area contributed by atoms with E-state index in [2.05, 4.69) is 4.98 Å². The third kappa shape index (κ3) is 3.85. The van der Waals surface area contributed by atoms with Gasteiger partial charge < -0.3 is 19.1 Å². The summed E-state index contributed by atoms with van der Waals surface area (Å²) in [6.07, 6.45) is -0.392. The van der Waals surface area contributed by atoms with Crippen LogP contribution >= 0.6 is 0 Å². The minimum atomic E-state index is -0.582. The molecule has 3 rings (SSSR count). The van der Waals surface area contributed by atoms with Gasteiger partial charge in [0.2, 0.25) is 0 Å². The fourth-order valence-electron chi connectivity index (χ4n) is 3.30. The van der Waals surface area contributed by atoms with Crippen molar-refractivity contribution in [1.29, 1.82) is 10.5 Å². The summed E-state index contributed by atoms with van der Waals surface area (Å²) >= 11 is 0. The molecule has 9 nitrogen and oxygen atoms in total. The van der Waals surface area contributed by atoms with Gasteiger partial charge in [0.15, 0.2) is 0 Å². The van der Waals surface area contributed by atoms with Crippen molar-refractivity contribution in [2.75, 3.05) is 31.1 Å². The van der Waals surface area contributed by atoms with Gasteiger partial charge in [-0.15, -0.1) is 0 Å². The van der Waals surface area contributed by atoms with Crippen LogP contribution in [0.3, 0.4) is 0 Å². The Morgan fingerprint density at radius 3 is 2.34 bits per heavy atom. The van der Waals surface area contributed by atoms with Crippen molar-refractivity contribution < 1.29 is 9.53 Å². The second-order valence-corrected chi connectivity index (χ2v) is 7.83. The fraction of sp³-hybridized carbons (Fsp3) is 0.450. The molecule has 0 spiro atoms. The first kappa shape index (κ1) is 20.2. The molecule has 0 radical (unpaired) electrons. The smallest absolute Gasteiger partial charge is 0.410 e. The Kier molecular flexibility index (Phi) is 5.17. The molecule has 0 N–H and O–H groups in total. The number of pyridine rings is 2. The van der Waals surface area contributed by atoms with E-state index in [0.29, 0.717) is 42.9 Å². The maximum atomic E-state index is 12.7. The Labute approximate surface area is 168 Å². The number of aryl methyl sites for hydroxylation is 1. The summed E-state index contributed by atoms with van der Waals surface area (Å²) in [5.41, 5.74) is 0.553. The monoisotopic (exact) mass is 394 g/mol. The number of nitrogens with zero attached hydrogens (tertiary/aromatic N) is 6. The van der Waals surface area contributed by atoms with Crippen molar-refractivity contribution in [1.82, 2.24) is 14.5 Å². The first-order valence-corrected chi connectivity index (χ1v) is 9.23. The molecule has 1 fully saturated rings. The van der Waals surface area contributed by atoms with E-state index < -0.39 is 17.3 Å². The molecule has 29 heavy (non-hydrogen) atoms. The highest BCUT2D eigenvalue weighted by Gasteiger charge is 2.29. The van der Waals surface area contributed by atoms with Gasteiger partial charge in [-0.2, -0.15) is 10.5 Å². The number of nitriles is 2. The van der Waals surface area contributed by atoms with Gasteiger partial charge in [-0.1, -0.05) is 0 Å². The Bertz CT molecular complexity index is 1110. The Hall–Kier alpha value is -3.59. The van der Waals surface area contributed by atoms with Crippen LogP contribution < -0.4 is 10.5 Å². The number of rotatable bonds is 1. The molecule has 0 bridgehead atoms. The van der Waals surface area contributed by atoms with Gasteiger partial charge in [-0.3, -0.25) is 4.79 Å². The average Bonchev–Trinajstić information content (AvgIpc) is 2.68. The summed E-state index contributed by atoms with van der Waals surface area (Å²) in [7, 11) is 1.57. The minimum absolute atomic E-state index is 0.0201. The maximum absolute atomic E-state index is 12.7. The second-order valence-electron chi connectivity index (χ2n) is 7.83. The summed E-state index contributed by atoms with van der Waals surface area (Å²) in [6.45, 7) is 7.02. The maximum Gasteiger partial charge on any atom is 0.410 e. The lowest BCUT2D eigenvalue weighted by Gasteiger charge is -2.37. The van der Waals surface area contributed by atoms with E-state index >= 15 is 0 Å². The van der Waals surface area contributed by atoms with Gasteiger partial charge in [-0.25, -0.2) is 9.78 Å². The average molecular weight is 394 g/mol. The number of hydrogen-bond acceptors (Lipinski definition) is 7. The predicted molar refractivity (Wildman–Crippen MR) is 106 cm³/mol. The second kappa shape index (κ2) is 7.44. The molecular weight excluding hydrogens is 372 g/mol. The molecule has 2 aromatic rings. The quantitative estimate of drug-likeness (QED) is 0.723. The minimum Gasteiger partial charge on any atom is -0.444 e. The lowest BCUT2D eigenvalue weighted by Crippen LogP contribution is -2.50. The number of ether oxygens (including phenoxy) is 1. The van der Waals surface area contributed by atoms with E-state index in [-0.39, 0.29) is 11.3 Å². The van der Waals surface area contributed by atoms with Gasteiger partial charge in [0.25, 0.3) is 5.56 Å². The number of carbonyl (C=O) groups is 1. The standard InChI is InChI=1S/C20H22N6O3/c1-20(2,3)29-19(28)26-9-7-25(8-10-26)17-14(12-22)18(27)24(4)15-6-5-13(11-21)23-16(15)17/h5-6H,7-10H2,1-4H3. The molecule has 1 aliphatic rings. The summed E-state index contributed by atoms with van der Waals surface area (Å²) in [4.78, 5) is 32.8. The van der Waals surface area contributed by atoms with Crippen molar-refractivity contribution in [3.8, 4) is 12.1 Å². The molecular formula is C20H22N6O3. The molecule has 3 heterocycles. The number of fused-ring (bicyclic) bond motifs is 1. The van der Waals surface area contributed by atoms with Gasteiger partial charge in [-0.05, 0) is 32.9 Å². The van der Waals surface area contributed by atoms with E-state index in [1.807, 2.05) is 37.8 Å². The zero-order chi connectivity index (χ0) is 21.3. The third-order valence-corrected chi connectivity index (χ3v) is 4.69. The molecule has 150 valence electrons. The molecule has 0 atom stereocenters. The number of piperazine rings is 1. The van der Waals surface area contributed by atoms with Crippen molar-refractivity contribution in [2.45, 2.75) is 26.4 Å². The van der Waals surface area contributed by atoms with E-state index in [0.717, 1.165) is 0 Å². The van der Waals surface area contributed by atoms with Crippen molar-refractivity contribution in [3.63, 3.8) is 0 Å². The molecule has 1 saturated heterocycles. The molecule has 0 saturated carbocycles. The van der Waals surface area contributed by atoms with Crippen molar-refractivity contribution >= 4 is 22.8 Å². The fourth-order valence-corrected chi connectivity index (χ4v) is 3.30. The number of hydrogen-bond donors (Lipinski definition) is 0. The van der Waals surface area contributed by atoms with E-state index in [1.54, 1.807) is 18.0 Å². The molecule has 1 aliphatic heterocycles. The first-order chi connectivity index (χ1) is 13.7. The van der Waals surface area contributed by atoms with Crippen LogP contribution in [0.25, 0.3) is 11.0 Å². The topological polar surface area (TPSA) is 115 Å². The largest absolute Gasteiger partial charge is 0.444 e. The number of anilines is 1. The SMILES string of the molecule is Cn1c(=O)c(C#N)c(N2CCN(C(=O)OC(C)(C)C)CC2)c2nc(C#N)ccc21. The highest BCUT2D eigenvalue weighted by molar-refractivity contribution is 5.92. The normalized spacial score (nSPS) is 14.4. The van der Waals surface area contributed by atoms with Crippen LogP contribution in [0.1, 0.15) is 32.0 Å². The van der Waals surface area contributed by atoms with Crippen LogP contribution in [0.2, 0.25) is 0 Å². The van der Waals surface area contributed by atoms with Crippen molar-refractivity contribution in [2.24, 2.45) is 7.05 Å². The Balaban J connectivity index is 2.00. The van der Waals surface area contributed by atoms with Crippen LogP contribution in [0.4, 0.5) is 10.5 Å². The molecule has 2 aromatic heterocycles. The van der Waals surface area contributed by atoms with E-state index in [4.69, 9.17) is 4.74 Å². The van der Waals surface area contributed by atoms with Gasteiger partial charge in [0.1, 0.15) is 34.5 Å². The molecule has 9 heteroatoms. The lowest BCUT2D eigenvalue weighted by molar-refractivity contribution is 0.0240. The van der Waals surface area contributed by atoms with Crippen LogP contribution in [0.15, 0.2) is 16.9 Å². The predicted octanol–water partition coefficient (Wildman–Crippen LogP) is 1.73.